The van der Waals surface area contributed by atoms with Crippen molar-refractivity contribution in [2.24, 2.45) is 0 Å². The average molecular weight is 438 g/mol. The van der Waals surface area contributed by atoms with E-state index in [1.165, 1.54) is 4.90 Å². The fraction of sp³-hybridized carbons (Fsp3) is 0.391. The van der Waals surface area contributed by atoms with E-state index in [0.717, 1.165) is 10.9 Å². The average Bonchev–Trinajstić information content (AvgIpc) is 3.10. The van der Waals surface area contributed by atoms with Crippen molar-refractivity contribution in [1.29, 1.82) is 0 Å². The van der Waals surface area contributed by atoms with E-state index in [9.17, 15) is 14.7 Å². The molecule has 0 unspecified atom stereocenters. The van der Waals surface area contributed by atoms with Crippen LogP contribution in [0.15, 0.2) is 30.6 Å². The second kappa shape index (κ2) is 8.23. The van der Waals surface area contributed by atoms with Crippen molar-refractivity contribution in [3.8, 4) is 11.3 Å². The molecule has 0 saturated carbocycles. The highest BCUT2D eigenvalue weighted by molar-refractivity contribution is 6.27. The number of nitrogens with one attached hydrogen (secondary N) is 1. The van der Waals surface area contributed by atoms with Crippen LogP contribution in [0.5, 0.6) is 0 Å². The van der Waals surface area contributed by atoms with Gasteiger partial charge in [-0.25, -0.2) is 4.79 Å². The predicted molar refractivity (Wildman–Crippen MR) is 121 cm³/mol. The first kappa shape index (κ1) is 21.8. The number of ether oxygens (including phenoxy) is 1. The molecule has 0 spiro atoms. The van der Waals surface area contributed by atoms with Crippen LogP contribution in [-0.4, -0.2) is 69.0 Å². The molecule has 0 fully saturated rings. The molecule has 1 aromatic carbocycles. The number of hydrogen-bond donors (Lipinski definition) is 2. The van der Waals surface area contributed by atoms with Crippen LogP contribution >= 0.6 is 0 Å². The summed E-state index contributed by atoms with van der Waals surface area (Å²) in [6, 6.07) is 5.43. The topological polar surface area (TPSA) is 110 Å². The number of fused-ring (bicyclic) bond motifs is 2. The molecular formula is C23H27N5O4. The van der Waals surface area contributed by atoms with Crippen LogP contribution in [-0.2, 0) is 11.3 Å². The molecule has 0 saturated heterocycles. The summed E-state index contributed by atoms with van der Waals surface area (Å²) in [6.07, 6.45) is 2.84. The molecule has 0 radical (unpaired) electrons. The molecule has 168 valence electrons. The Bertz CT molecular complexity index is 1200. The van der Waals surface area contributed by atoms with E-state index in [1.807, 2.05) is 32.9 Å². The molecule has 4 rings (SSSR count). The third-order valence-electron chi connectivity index (χ3n) is 5.25. The number of aliphatic hydroxyl groups is 1. The molecular weight excluding hydrogens is 410 g/mol. The number of rotatable bonds is 6. The molecule has 2 N–H and O–H groups in total. The lowest BCUT2D eigenvalue weighted by atomic mass is 9.87. The summed E-state index contributed by atoms with van der Waals surface area (Å²) in [5, 5.41) is 18.1. The summed E-state index contributed by atoms with van der Waals surface area (Å²) in [5.74, 6) is -0.105. The molecule has 1 aliphatic carbocycles. The molecule has 1 aliphatic rings. The normalized spacial score (nSPS) is 12.6. The van der Waals surface area contributed by atoms with Crippen LogP contribution in [0, 0.1) is 0 Å². The van der Waals surface area contributed by atoms with Gasteiger partial charge >= 0.3 is 6.09 Å². The van der Waals surface area contributed by atoms with Gasteiger partial charge in [-0.15, -0.1) is 0 Å². The number of likely N-dealkylation sites (N-methyl/N-ethyl adjacent to an activating group) is 1. The van der Waals surface area contributed by atoms with Gasteiger partial charge in [-0.1, -0.05) is 0 Å². The lowest BCUT2D eigenvalue weighted by Gasteiger charge is -2.25. The predicted octanol–water partition coefficient (Wildman–Crippen LogP) is 2.91. The first-order valence-corrected chi connectivity index (χ1v) is 10.5. The van der Waals surface area contributed by atoms with Crippen molar-refractivity contribution in [1.82, 2.24) is 19.7 Å². The molecule has 1 amide bonds. The molecule has 2 aromatic heterocycles. The Kier molecular flexibility index (Phi) is 5.60. The molecule has 0 aliphatic heterocycles. The second-order valence-corrected chi connectivity index (χ2v) is 8.76. The number of nitrogens with zero attached hydrogens (tertiary/aromatic N) is 4. The van der Waals surface area contributed by atoms with Gasteiger partial charge < -0.3 is 20.1 Å². The molecule has 9 heteroatoms. The lowest BCUT2D eigenvalue weighted by Crippen LogP contribution is -2.36. The zero-order valence-electron chi connectivity index (χ0n) is 18.7. The van der Waals surface area contributed by atoms with E-state index >= 15 is 0 Å². The SMILES string of the molecule is CN(CCNc1ccc2c3c(nn2CCO)-c2cnccc2C(=O)c13)C(=O)OC(C)(C)C. The number of anilines is 1. The zero-order chi connectivity index (χ0) is 23.0. The molecule has 9 nitrogen and oxygen atoms in total. The van der Waals surface area contributed by atoms with E-state index in [4.69, 9.17) is 4.74 Å². The number of aromatic nitrogens is 3. The summed E-state index contributed by atoms with van der Waals surface area (Å²) in [6.45, 7) is 6.57. The number of hydrogen-bond acceptors (Lipinski definition) is 7. The number of benzene rings is 1. The molecule has 32 heavy (non-hydrogen) atoms. The lowest BCUT2D eigenvalue weighted by molar-refractivity contribution is 0.0305. The maximum absolute atomic E-state index is 13.4. The summed E-state index contributed by atoms with van der Waals surface area (Å²) in [4.78, 5) is 31.3. The fourth-order valence-corrected chi connectivity index (χ4v) is 3.81. The van der Waals surface area contributed by atoms with Crippen molar-refractivity contribution in [2.45, 2.75) is 32.9 Å². The Hall–Kier alpha value is -3.46. The van der Waals surface area contributed by atoms with E-state index < -0.39 is 11.7 Å². The number of ketones is 1. The summed E-state index contributed by atoms with van der Waals surface area (Å²) < 4.78 is 7.09. The van der Waals surface area contributed by atoms with E-state index in [-0.39, 0.29) is 12.4 Å². The summed E-state index contributed by atoms with van der Waals surface area (Å²) >= 11 is 0. The van der Waals surface area contributed by atoms with Crippen LogP contribution in [0.25, 0.3) is 22.2 Å². The maximum atomic E-state index is 13.4. The van der Waals surface area contributed by atoms with Crippen molar-refractivity contribution in [2.75, 3.05) is 32.1 Å². The van der Waals surface area contributed by atoms with Crippen molar-refractivity contribution in [3.05, 3.63) is 41.7 Å². The van der Waals surface area contributed by atoms with E-state index in [2.05, 4.69) is 15.4 Å². The Labute approximate surface area is 186 Å². The van der Waals surface area contributed by atoms with Gasteiger partial charge in [-0.05, 0) is 39.0 Å². The van der Waals surface area contributed by atoms with Gasteiger partial charge in [0, 0.05) is 54.7 Å². The summed E-state index contributed by atoms with van der Waals surface area (Å²) in [7, 11) is 1.68. The van der Waals surface area contributed by atoms with Gasteiger partial charge in [0.05, 0.1) is 24.2 Å². The number of pyridine rings is 1. The highest BCUT2D eigenvalue weighted by Crippen LogP contribution is 2.41. The van der Waals surface area contributed by atoms with Crippen LogP contribution < -0.4 is 5.32 Å². The molecule has 2 heterocycles. The van der Waals surface area contributed by atoms with Gasteiger partial charge in [0.15, 0.2) is 5.78 Å². The first-order valence-electron chi connectivity index (χ1n) is 10.5. The molecule has 0 atom stereocenters. The minimum atomic E-state index is -0.562. The van der Waals surface area contributed by atoms with Crippen LogP contribution in [0.1, 0.15) is 36.7 Å². The molecule has 0 bridgehead atoms. The number of carbonyl (C=O) groups excluding carboxylic acids is 2. The summed E-state index contributed by atoms with van der Waals surface area (Å²) in [5.41, 5.74) is 3.35. The highest BCUT2D eigenvalue weighted by Gasteiger charge is 2.31. The third kappa shape index (κ3) is 3.91. The fourth-order valence-electron chi connectivity index (χ4n) is 3.81. The minimum Gasteiger partial charge on any atom is -0.444 e. The maximum Gasteiger partial charge on any atom is 0.410 e. The van der Waals surface area contributed by atoms with Gasteiger partial charge in [0.2, 0.25) is 0 Å². The number of amides is 1. The second-order valence-electron chi connectivity index (χ2n) is 8.76. The Balaban J connectivity index is 1.65. The quantitative estimate of drug-likeness (QED) is 0.477. The van der Waals surface area contributed by atoms with Crippen molar-refractivity contribution >= 4 is 28.5 Å². The van der Waals surface area contributed by atoms with Crippen molar-refractivity contribution < 1.29 is 19.4 Å². The van der Waals surface area contributed by atoms with E-state index in [0.29, 0.717) is 47.7 Å². The highest BCUT2D eigenvalue weighted by atomic mass is 16.6. The number of aliphatic hydroxyl groups excluding tert-OH is 1. The first-order chi connectivity index (χ1) is 15.2. The standard InChI is InChI=1S/C23H27N5O4/c1-23(2,3)32-22(31)27(4)10-9-25-16-5-6-17-19-18(16)21(30)14-7-8-24-13-15(14)20(19)26-28(17)11-12-29/h5-8,13,25,29H,9-12H2,1-4H3. The minimum absolute atomic E-state index is 0.0591. The Morgan fingerprint density at radius 1 is 1.25 bits per heavy atom. The Morgan fingerprint density at radius 3 is 2.75 bits per heavy atom. The third-order valence-corrected chi connectivity index (χ3v) is 5.25. The van der Waals surface area contributed by atoms with Crippen LogP contribution in [0.4, 0.5) is 10.5 Å². The zero-order valence-corrected chi connectivity index (χ0v) is 18.7. The van der Waals surface area contributed by atoms with Crippen molar-refractivity contribution in [3.63, 3.8) is 0 Å². The number of carbonyl (C=O) groups is 2. The van der Waals surface area contributed by atoms with Crippen LogP contribution in [0.2, 0.25) is 0 Å². The molecule has 3 aromatic rings. The van der Waals surface area contributed by atoms with Crippen LogP contribution in [0.3, 0.4) is 0 Å². The largest absolute Gasteiger partial charge is 0.444 e. The monoisotopic (exact) mass is 437 g/mol. The van der Waals surface area contributed by atoms with Gasteiger partial charge in [-0.3, -0.25) is 14.5 Å². The van der Waals surface area contributed by atoms with Gasteiger partial charge in [-0.2, -0.15) is 5.10 Å². The smallest absolute Gasteiger partial charge is 0.410 e. The van der Waals surface area contributed by atoms with Gasteiger partial charge in [0.25, 0.3) is 0 Å². The van der Waals surface area contributed by atoms with E-state index in [1.54, 1.807) is 30.2 Å². The Morgan fingerprint density at radius 2 is 2.03 bits per heavy atom. The van der Waals surface area contributed by atoms with Gasteiger partial charge in [0.1, 0.15) is 11.3 Å².